The maximum Gasteiger partial charge on any atom is 0.273 e. The normalized spacial score (nSPS) is 14.5. The van der Waals surface area contributed by atoms with Gasteiger partial charge in [0, 0.05) is 12.0 Å². The van der Waals surface area contributed by atoms with Crippen molar-refractivity contribution in [3.05, 3.63) is 47.6 Å². The van der Waals surface area contributed by atoms with Gasteiger partial charge >= 0.3 is 0 Å². The number of hydrogen-bond acceptors (Lipinski definition) is 4. The lowest BCUT2D eigenvalue weighted by molar-refractivity contribution is 0.0941. The largest absolute Gasteiger partial charge is 0.360 e. The van der Waals surface area contributed by atoms with Gasteiger partial charge in [0.1, 0.15) is 11.6 Å². The third-order valence-electron chi connectivity index (χ3n) is 3.60. The molecule has 3 aromatic rings. The molecular formula is C15H14N4O2. The molecule has 4 rings (SSSR count). The van der Waals surface area contributed by atoms with Gasteiger partial charge in [0.05, 0.1) is 17.6 Å². The first-order chi connectivity index (χ1) is 10.3. The van der Waals surface area contributed by atoms with Crippen LogP contribution in [0.25, 0.3) is 11.0 Å². The number of carbonyl (C=O) groups excluding carboxylic acids is 1. The third-order valence-corrected chi connectivity index (χ3v) is 3.60. The summed E-state index contributed by atoms with van der Waals surface area (Å²) in [6.07, 6.45) is 2.24. The number of H-pyrrole nitrogens is 1. The van der Waals surface area contributed by atoms with Crippen molar-refractivity contribution in [1.82, 2.24) is 20.4 Å². The highest BCUT2D eigenvalue weighted by molar-refractivity contribution is 5.92. The Morgan fingerprint density at radius 2 is 2.24 bits per heavy atom. The fourth-order valence-corrected chi connectivity index (χ4v) is 2.30. The molecule has 0 radical (unpaired) electrons. The standard InChI is InChI=1S/C15H14N4O2/c20-15(12-7-13(21-19-12)9-5-6-9)16-8-14-17-10-3-1-2-4-11(10)18-14/h1-4,7,9H,5-6,8H2,(H,16,20)(H,17,18). The number of aromatic amines is 1. The van der Waals surface area contributed by atoms with Crippen LogP contribution in [0.1, 0.15) is 40.8 Å². The molecule has 1 saturated carbocycles. The van der Waals surface area contributed by atoms with Crippen LogP contribution in [0.4, 0.5) is 0 Å². The minimum absolute atomic E-state index is 0.244. The average Bonchev–Trinajstić information content (AvgIpc) is 3.09. The van der Waals surface area contributed by atoms with E-state index in [9.17, 15) is 4.79 Å². The van der Waals surface area contributed by atoms with Crippen LogP contribution in [-0.4, -0.2) is 21.0 Å². The van der Waals surface area contributed by atoms with Gasteiger partial charge in [-0.25, -0.2) is 4.98 Å². The summed E-state index contributed by atoms with van der Waals surface area (Å²) < 4.78 is 5.18. The molecule has 2 aromatic heterocycles. The van der Waals surface area contributed by atoms with E-state index in [1.54, 1.807) is 6.07 Å². The summed E-state index contributed by atoms with van der Waals surface area (Å²) in [6, 6.07) is 9.48. The highest BCUT2D eigenvalue weighted by Gasteiger charge is 2.28. The third kappa shape index (κ3) is 2.40. The van der Waals surface area contributed by atoms with Crippen molar-refractivity contribution in [2.45, 2.75) is 25.3 Å². The molecule has 2 heterocycles. The maximum atomic E-state index is 12.0. The Balaban J connectivity index is 1.44. The average molecular weight is 282 g/mol. The van der Waals surface area contributed by atoms with Crippen molar-refractivity contribution in [2.24, 2.45) is 0 Å². The first kappa shape index (κ1) is 12.1. The number of para-hydroxylation sites is 2. The second kappa shape index (κ2) is 4.73. The number of amides is 1. The van der Waals surface area contributed by atoms with E-state index < -0.39 is 0 Å². The number of aromatic nitrogens is 3. The Hall–Kier alpha value is -2.63. The van der Waals surface area contributed by atoms with E-state index >= 15 is 0 Å². The molecule has 0 aliphatic heterocycles. The molecule has 6 nitrogen and oxygen atoms in total. The highest BCUT2D eigenvalue weighted by Crippen LogP contribution is 2.40. The fourth-order valence-electron chi connectivity index (χ4n) is 2.30. The minimum Gasteiger partial charge on any atom is -0.360 e. The molecule has 0 saturated heterocycles. The summed E-state index contributed by atoms with van der Waals surface area (Å²) >= 11 is 0. The SMILES string of the molecule is O=C(NCc1nc2ccccc2[nH]1)c1cc(C2CC2)on1. The van der Waals surface area contributed by atoms with Gasteiger partial charge in [-0.2, -0.15) is 0 Å². The predicted molar refractivity (Wildman–Crippen MR) is 75.7 cm³/mol. The predicted octanol–water partition coefficient (Wildman–Crippen LogP) is 2.36. The zero-order valence-electron chi connectivity index (χ0n) is 11.3. The van der Waals surface area contributed by atoms with Crippen LogP contribution in [0, 0.1) is 0 Å². The summed E-state index contributed by atoms with van der Waals surface area (Å²) in [5.74, 6) is 1.74. The van der Waals surface area contributed by atoms with E-state index in [2.05, 4.69) is 20.4 Å². The molecule has 1 aliphatic carbocycles. The van der Waals surface area contributed by atoms with Gasteiger partial charge in [-0.05, 0) is 25.0 Å². The van der Waals surface area contributed by atoms with Crippen molar-refractivity contribution >= 4 is 16.9 Å². The fraction of sp³-hybridized carbons (Fsp3) is 0.267. The summed E-state index contributed by atoms with van der Waals surface area (Å²) in [5.41, 5.74) is 2.17. The number of nitrogens with one attached hydrogen (secondary N) is 2. The molecule has 6 heteroatoms. The molecule has 0 spiro atoms. The second-order valence-electron chi connectivity index (χ2n) is 5.27. The Bertz CT molecular complexity index is 768. The summed E-state index contributed by atoms with van der Waals surface area (Å²) in [4.78, 5) is 19.6. The molecular weight excluding hydrogens is 268 g/mol. The van der Waals surface area contributed by atoms with Crippen molar-refractivity contribution in [1.29, 1.82) is 0 Å². The lowest BCUT2D eigenvalue weighted by atomic mass is 10.3. The van der Waals surface area contributed by atoms with E-state index in [0.717, 1.165) is 35.5 Å². The van der Waals surface area contributed by atoms with Crippen LogP contribution in [-0.2, 0) is 6.54 Å². The van der Waals surface area contributed by atoms with Crippen molar-refractivity contribution in [3.8, 4) is 0 Å². The van der Waals surface area contributed by atoms with Crippen LogP contribution in [0.2, 0.25) is 0 Å². The number of carbonyl (C=O) groups is 1. The molecule has 1 fully saturated rings. The highest BCUT2D eigenvalue weighted by atomic mass is 16.5. The zero-order valence-corrected chi connectivity index (χ0v) is 11.3. The summed E-state index contributed by atoms with van der Waals surface area (Å²) in [6.45, 7) is 0.332. The first-order valence-corrected chi connectivity index (χ1v) is 6.98. The van der Waals surface area contributed by atoms with Gasteiger partial charge in [0.15, 0.2) is 5.69 Å². The van der Waals surface area contributed by atoms with Crippen LogP contribution in [0.15, 0.2) is 34.9 Å². The number of nitrogens with zero attached hydrogens (tertiary/aromatic N) is 2. The Kier molecular flexibility index (Phi) is 2.73. The van der Waals surface area contributed by atoms with Crippen molar-refractivity contribution in [2.75, 3.05) is 0 Å². The number of imidazole rings is 1. The topological polar surface area (TPSA) is 83.8 Å². The van der Waals surface area contributed by atoms with Gasteiger partial charge in [0.25, 0.3) is 5.91 Å². The molecule has 0 atom stereocenters. The van der Waals surface area contributed by atoms with Gasteiger partial charge in [-0.3, -0.25) is 4.79 Å². The summed E-state index contributed by atoms with van der Waals surface area (Å²) in [5, 5.41) is 6.61. The van der Waals surface area contributed by atoms with Gasteiger partial charge in [-0.1, -0.05) is 17.3 Å². The Labute approximate surface area is 120 Å². The van der Waals surface area contributed by atoms with Crippen molar-refractivity contribution in [3.63, 3.8) is 0 Å². The van der Waals surface area contributed by atoms with E-state index in [1.165, 1.54) is 0 Å². The number of benzene rings is 1. The number of fused-ring (bicyclic) bond motifs is 1. The minimum atomic E-state index is -0.244. The van der Waals surface area contributed by atoms with Gasteiger partial charge in [0.2, 0.25) is 0 Å². The van der Waals surface area contributed by atoms with Crippen LogP contribution >= 0.6 is 0 Å². The zero-order chi connectivity index (χ0) is 14.2. The molecule has 1 aliphatic rings. The van der Waals surface area contributed by atoms with Crippen LogP contribution in [0.3, 0.4) is 0 Å². The molecule has 2 N–H and O–H groups in total. The maximum absolute atomic E-state index is 12.0. The molecule has 1 aromatic carbocycles. The van der Waals surface area contributed by atoms with E-state index in [0.29, 0.717) is 18.2 Å². The van der Waals surface area contributed by atoms with Crippen LogP contribution < -0.4 is 5.32 Å². The molecule has 106 valence electrons. The van der Waals surface area contributed by atoms with E-state index in [-0.39, 0.29) is 5.91 Å². The second-order valence-corrected chi connectivity index (χ2v) is 5.27. The van der Waals surface area contributed by atoms with Gasteiger partial charge in [-0.15, -0.1) is 0 Å². The van der Waals surface area contributed by atoms with E-state index in [1.807, 2.05) is 24.3 Å². The monoisotopic (exact) mass is 282 g/mol. The molecule has 0 bridgehead atoms. The lowest BCUT2D eigenvalue weighted by Gasteiger charge is -1.98. The number of rotatable bonds is 4. The Morgan fingerprint density at radius 1 is 1.38 bits per heavy atom. The smallest absolute Gasteiger partial charge is 0.273 e. The first-order valence-electron chi connectivity index (χ1n) is 6.98. The van der Waals surface area contributed by atoms with E-state index in [4.69, 9.17) is 4.52 Å². The van der Waals surface area contributed by atoms with Crippen molar-refractivity contribution < 1.29 is 9.32 Å². The van der Waals surface area contributed by atoms with Crippen LogP contribution in [0.5, 0.6) is 0 Å². The molecule has 1 amide bonds. The molecule has 21 heavy (non-hydrogen) atoms. The molecule has 0 unspecified atom stereocenters. The lowest BCUT2D eigenvalue weighted by Crippen LogP contribution is -2.23. The quantitative estimate of drug-likeness (QED) is 0.769. The Morgan fingerprint density at radius 3 is 3.05 bits per heavy atom. The summed E-state index contributed by atoms with van der Waals surface area (Å²) in [7, 11) is 0. The number of hydrogen-bond donors (Lipinski definition) is 2. The van der Waals surface area contributed by atoms with Gasteiger partial charge < -0.3 is 14.8 Å².